The van der Waals surface area contributed by atoms with E-state index in [1.165, 1.54) is 0 Å². The molecule has 0 aromatic carbocycles. The molecule has 1 spiro atoms. The molecule has 3 rings (SSSR count). The lowest BCUT2D eigenvalue weighted by molar-refractivity contribution is -0.145. The van der Waals surface area contributed by atoms with Crippen LogP contribution in [0.1, 0.15) is 85.0 Å². The summed E-state index contributed by atoms with van der Waals surface area (Å²) in [7, 11) is 0. The van der Waals surface area contributed by atoms with Crippen molar-refractivity contribution in [1.29, 1.82) is 0 Å². The summed E-state index contributed by atoms with van der Waals surface area (Å²) < 4.78 is -0.938. The van der Waals surface area contributed by atoms with Crippen LogP contribution in [0.2, 0.25) is 0 Å². The maximum atomic E-state index is 14.4. The molecule has 3 heterocycles. The average Bonchev–Trinajstić information content (AvgIpc) is 3.48. The third kappa shape index (κ3) is 6.27. The van der Waals surface area contributed by atoms with Gasteiger partial charge in [0, 0.05) is 44.1 Å². The minimum absolute atomic E-state index is 0.0126. The van der Waals surface area contributed by atoms with Crippen LogP contribution in [-0.2, 0) is 14.4 Å². The molecule has 3 aliphatic heterocycles. The van der Waals surface area contributed by atoms with Crippen molar-refractivity contribution >= 4 is 29.5 Å². The van der Waals surface area contributed by atoms with Crippen molar-refractivity contribution in [1.82, 2.24) is 14.7 Å². The molecule has 0 aromatic heterocycles. The predicted molar refractivity (Wildman–Crippen MR) is 159 cm³/mol. The minimum Gasteiger partial charge on any atom is -0.396 e. The molecule has 39 heavy (non-hydrogen) atoms. The third-order valence-electron chi connectivity index (χ3n) is 8.93. The zero-order valence-corrected chi connectivity index (χ0v) is 25.4. The van der Waals surface area contributed by atoms with Crippen LogP contribution in [0.3, 0.4) is 0 Å². The smallest absolute Gasteiger partial charge is 0.247 e. The van der Waals surface area contributed by atoms with Gasteiger partial charge in [-0.25, -0.2) is 0 Å². The number of unbranched alkanes of at least 4 members (excludes halogenated alkanes) is 5. The Hall–Kier alpha value is -1.80. The van der Waals surface area contributed by atoms with Gasteiger partial charge < -0.3 is 19.8 Å². The number of carbonyl (C=O) groups is 3. The van der Waals surface area contributed by atoms with Gasteiger partial charge in [-0.05, 0) is 45.4 Å². The molecule has 220 valence electrons. The fourth-order valence-electron chi connectivity index (χ4n) is 7.16. The molecular weight excluding hydrogens is 510 g/mol. The summed E-state index contributed by atoms with van der Waals surface area (Å²) in [5, 5.41) is 9.17. The molecule has 0 radical (unpaired) electrons. The molecule has 1 N–H and O–H groups in total. The highest BCUT2D eigenvalue weighted by Crippen LogP contribution is 2.71. The average molecular weight is 562 g/mol. The van der Waals surface area contributed by atoms with Gasteiger partial charge in [-0.15, -0.1) is 24.9 Å². The van der Waals surface area contributed by atoms with E-state index >= 15 is 0 Å². The highest BCUT2D eigenvalue weighted by molar-refractivity contribution is 8.02. The van der Waals surface area contributed by atoms with Crippen molar-refractivity contribution in [2.75, 3.05) is 39.3 Å². The number of likely N-dealkylation sites (tertiary alicyclic amines) is 1. The van der Waals surface area contributed by atoms with E-state index in [0.717, 1.165) is 64.2 Å². The zero-order chi connectivity index (χ0) is 28.6. The number of aliphatic hydroxyl groups is 1. The molecule has 0 aliphatic carbocycles. The van der Waals surface area contributed by atoms with Crippen LogP contribution in [0, 0.1) is 11.8 Å². The maximum Gasteiger partial charge on any atom is 0.247 e. The normalized spacial score (nSPS) is 29.0. The molecule has 8 heteroatoms. The zero-order valence-electron chi connectivity index (χ0n) is 24.5. The first-order valence-electron chi connectivity index (χ1n) is 15.2. The van der Waals surface area contributed by atoms with Gasteiger partial charge in [0.2, 0.25) is 17.7 Å². The summed E-state index contributed by atoms with van der Waals surface area (Å²) >= 11 is 1.75. The number of aliphatic hydroxyl groups excluding tert-OH is 1. The van der Waals surface area contributed by atoms with E-state index in [1.807, 2.05) is 14.7 Å². The van der Waals surface area contributed by atoms with E-state index < -0.39 is 22.6 Å². The molecule has 2 bridgehead atoms. The summed E-state index contributed by atoms with van der Waals surface area (Å²) in [6.45, 7) is 17.0. The molecule has 7 nitrogen and oxygen atoms in total. The first kappa shape index (κ1) is 31.7. The van der Waals surface area contributed by atoms with Gasteiger partial charge in [0.15, 0.2) is 0 Å². The first-order valence-corrected chi connectivity index (χ1v) is 16.0. The summed E-state index contributed by atoms with van der Waals surface area (Å²) in [4.78, 5) is 48.4. The van der Waals surface area contributed by atoms with Crippen molar-refractivity contribution in [2.45, 2.75) is 101 Å². The van der Waals surface area contributed by atoms with Crippen LogP contribution in [-0.4, -0.2) is 92.4 Å². The lowest BCUT2D eigenvalue weighted by Gasteiger charge is -2.38. The van der Waals surface area contributed by atoms with Gasteiger partial charge in [0.25, 0.3) is 0 Å². The Labute approximate surface area is 240 Å². The van der Waals surface area contributed by atoms with Gasteiger partial charge in [0.1, 0.15) is 6.04 Å². The van der Waals surface area contributed by atoms with Crippen molar-refractivity contribution in [3.8, 4) is 0 Å². The Kier molecular flexibility index (Phi) is 11.6. The molecule has 3 saturated heterocycles. The Balaban J connectivity index is 1.99. The molecule has 0 aromatic rings. The number of hydrogen-bond acceptors (Lipinski definition) is 5. The van der Waals surface area contributed by atoms with Gasteiger partial charge in [-0.2, -0.15) is 0 Å². The third-order valence-corrected chi connectivity index (χ3v) is 10.9. The fraction of sp³-hybridized carbons (Fsp3) is 0.774. The topological polar surface area (TPSA) is 81.2 Å². The summed E-state index contributed by atoms with van der Waals surface area (Å²) in [5.41, 5.74) is 0. The van der Waals surface area contributed by atoms with E-state index in [1.54, 1.807) is 23.9 Å². The van der Waals surface area contributed by atoms with Gasteiger partial charge in [-0.1, -0.05) is 51.7 Å². The van der Waals surface area contributed by atoms with Crippen LogP contribution in [0.25, 0.3) is 0 Å². The number of nitrogens with zero attached hydrogens (tertiary/aromatic N) is 3. The number of rotatable bonds is 18. The fourth-order valence-corrected chi connectivity index (χ4v) is 9.50. The van der Waals surface area contributed by atoms with Crippen LogP contribution < -0.4 is 0 Å². The maximum absolute atomic E-state index is 14.4. The number of amides is 3. The Bertz CT molecular complexity index is 897. The molecule has 3 amide bonds. The van der Waals surface area contributed by atoms with Crippen LogP contribution in [0.5, 0.6) is 0 Å². The number of hydrogen-bond donors (Lipinski definition) is 1. The minimum atomic E-state index is -0.579. The van der Waals surface area contributed by atoms with Crippen molar-refractivity contribution in [3.63, 3.8) is 0 Å². The van der Waals surface area contributed by atoms with Crippen LogP contribution in [0.4, 0.5) is 0 Å². The van der Waals surface area contributed by atoms with Gasteiger partial charge >= 0.3 is 0 Å². The van der Waals surface area contributed by atoms with Crippen molar-refractivity contribution in [3.05, 3.63) is 25.3 Å². The quantitative estimate of drug-likeness (QED) is 0.195. The molecule has 3 aliphatic rings. The summed E-state index contributed by atoms with van der Waals surface area (Å²) in [5.74, 6) is -0.887. The van der Waals surface area contributed by atoms with E-state index in [4.69, 9.17) is 0 Å². The molecule has 2 unspecified atom stereocenters. The lowest BCUT2D eigenvalue weighted by Crippen LogP contribution is -2.55. The van der Waals surface area contributed by atoms with Crippen molar-refractivity contribution in [2.24, 2.45) is 11.8 Å². The monoisotopic (exact) mass is 561 g/mol. The first-order chi connectivity index (χ1) is 18.8. The van der Waals surface area contributed by atoms with E-state index in [-0.39, 0.29) is 29.1 Å². The van der Waals surface area contributed by atoms with E-state index in [9.17, 15) is 19.5 Å². The highest BCUT2D eigenvalue weighted by Gasteiger charge is 2.77. The summed E-state index contributed by atoms with van der Waals surface area (Å²) in [6, 6.07) is -0.557. The van der Waals surface area contributed by atoms with Crippen LogP contribution >= 0.6 is 11.8 Å². The molecule has 3 fully saturated rings. The van der Waals surface area contributed by atoms with Crippen molar-refractivity contribution < 1.29 is 19.5 Å². The van der Waals surface area contributed by atoms with Gasteiger partial charge in [0.05, 0.1) is 16.6 Å². The van der Waals surface area contributed by atoms with Crippen LogP contribution in [0.15, 0.2) is 25.3 Å². The standard InChI is InChI=1S/C31H51N3O4S/c1-6-10-13-21-33(20-9-4)29(38)26-31-17-16-30(5,39-31)24(27(36)32(18-7-2)19-8-3)25(31)28(37)34(26)22-14-11-12-15-23-35/h7,9,24-26,35H,2,4,6,8,10-23H2,1,3,5H3/t24-,25-,26?,30+,31?/m0/s1. The SMILES string of the molecule is C=CCN(CCCCC)C(=O)C1N(CCCCCCO)C(=O)[C@@H]2[C@@H](C(=O)N(CC=C)CCC)[C@@]3(C)CCC12S3. The predicted octanol–water partition coefficient (Wildman–Crippen LogP) is 4.65. The van der Waals surface area contributed by atoms with E-state index in [0.29, 0.717) is 32.7 Å². The molecular formula is C31H51N3O4S. The Morgan fingerprint density at radius 1 is 0.974 bits per heavy atom. The molecule has 5 atom stereocenters. The Morgan fingerprint density at radius 2 is 1.64 bits per heavy atom. The second kappa shape index (κ2) is 14.2. The largest absolute Gasteiger partial charge is 0.396 e. The molecule has 0 saturated carbocycles. The summed E-state index contributed by atoms with van der Waals surface area (Å²) in [6.07, 6.45) is 12.4. The second-order valence-electron chi connectivity index (χ2n) is 11.7. The number of thioether (sulfide) groups is 1. The number of carbonyl (C=O) groups excluding carboxylic acids is 3. The van der Waals surface area contributed by atoms with E-state index in [2.05, 4.69) is 33.9 Å². The lowest BCUT2D eigenvalue weighted by atomic mass is 9.66. The Morgan fingerprint density at radius 3 is 2.26 bits per heavy atom. The van der Waals surface area contributed by atoms with Gasteiger partial charge in [-0.3, -0.25) is 14.4 Å². The highest BCUT2D eigenvalue weighted by atomic mass is 32.2. The number of fused-ring (bicyclic) bond motifs is 1. The second-order valence-corrected chi connectivity index (χ2v) is 13.6.